The predicted molar refractivity (Wildman–Crippen MR) is 116 cm³/mol. The van der Waals surface area contributed by atoms with Crippen LogP contribution in [0.15, 0.2) is 36.4 Å². The van der Waals surface area contributed by atoms with E-state index < -0.39 is 5.60 Å². The van der Waals surface area contributed by atoms with E-state index in [-0.39, 0.29) is 5.97 Å². The monoisotopic (exact) mass is 405 g/mol. The van der Waals surface area contributed by atoms with Crippen LogP contribution in [0, 0.1) is 20.8 Å². The average Bonchev–Trinajstić information content (AvgIpc) is 2.76. The van der Waals surface area contributed by atoms with E-state index in [2.05, 4.69) is 19.1 Å². The van der Waals surface area contributed by atoms with Crippen molar-refractivity contribution in [3.63, 3.8) is 0 Å². The molecule has 5 nitrogen and oxygen atoms in total. The van der Waals surface area contributed by atoms with Gasteiger partial charge in [-0.1, -0.05) is 24.3 Å². The van der Waals surface area contributed by atoms with Crippen molar-refractivity contribution in [2.75, 3.05) is 7.11 Å². The van der Waals surface area contributed by atoms with E-state index >= 15 is 0 Å². The maximum atomic E-state index is 12.2. The lowest BCUT2D eigenvalue weighted by Crippen LogP contribution is -2.45. The SMILES string of the molecule is COC(=O)C1(C)CCc2c(C)c(OCc3ccc4ccccc4n3)c(C)c(C)c2O1. The van der Waals surface area contributed by atoms with Crippen molar-refractivity contribution in [1.29, 1.82) is 0 Å². The van der Waals surface area contributed by atoms with Gasteiger partial charge in [0.25, 0.3) is 0 Å². The lowest BCUT2D eigenvalue weighted by Gasteiger charge is -2.36. The molecular formula is C25H27NO4. The van der Waals surface area contributed by atoms with Gasteiger partial charge in [-0.05, 0) is 62.9 Å². The number of ether oxygens (including phenoxy) is 3. The number of hydrogen-bond donors (Lipinski definition) is 0. The number of nitrogens with zero attached hydrogens (tertiary/aromatic N) is 1. The maximum absolute atomic E-state index is 12.2. The Hall–Kier alpha value is -3.08. The number of aromatic nitrogens is 1. The molecule has 30 heavy (non-hydrogen) atoms. The molecular weight excluding hydrogens is 378 g/mol. The Kier molecular flexibility index (Phi) is 5.14. The fourth-order valence-electron chi connectivity index (χ4n) is 4.15. The van der Waals surface area contributed by atoms with Crippen molar-refractivity contribution >= 4 is 16.9 Å². The molecule has 0 N–H and O–H groups in total. The van der Waals surface area contributed by atoms with Gasteiger partial charge in [0.1, 0.15) is 18.1 Å². The van der Waals surface area contributed by atoms with Gasteiger partial charge in [0.15, 0.2) is 0 Å². The molecule has 0 saturated carbocycles. The van der Waals surface area contributed by atoms with E-state index in [9.17, 15) is 4.79 Å². The summed E-state index contributed by atoms with van der Waals surface area (Å²) in [5.41, 5.74) is 5.05. The third-order valence-electron chi connectivity index (χ3n) is 6.13. The van der Waals surface area contributed by atoms with Gasteiger partial charge in [-0.25, -0.2) is 9.78 Å². The first-order chi connectivity index (χ1) is 14.3. The predicted octanol–water partition coefficient (Wildman–Crippen LogP) is 5.00. The van der Waals surface area contributed by atoms with Crippen LogP contribution in [-0.2, 0) is 22.6 Å². The summed E-state index contributed by atoms with van der Waals surface area (Å²) in [6, 6.07) is 12.1. The van der Waals surface area contributed by atoms with Crippen LogP contribution in [-0.4, -0.2) is 23.7 Å². The van der Waals surface area contributed by atoms with E-state index in [4.69, 9.17) is 19.2 Å². The summed E-state index contributed by atoms with van der Waals surface area (Å²) >= 11 is 0. The van der Waals surface area contributed by atoms with Crippen LogP contribution in [0.1, 0.15) is 41.3 Å². The lowest BCUT2D eigenvalue weighted by atomic mass is 9.87. The Morgan fingerprint density at radius 3 is 2.63 bits per heavy atom. The number of hydrogen-bond acceptors (Lipinski definition) is 5. The van der Waals surface area contributed by atoms with Crippen molar-refractivity contribution in [3.05, 3.63) is 64.3 Å². The molecule has 1 aliphatic heterocycles. The fraction of sp³-hybridized carbons (Fsp3) is 0.360. The zero-order valence-electron chi connectivity index (χ0n) is 18.2. The Morgan fingerprint density at radius 1 is 1.10 bits per heavy atom. The summed E-state index contributed by atoms with van der Waals surface area (Å²) < 4.78 is 17.4. The Bertz CT molecular complexity index is 1140. The summed E-state index contributed by atoms with van der Waals surface area (Å²) in [6.07, 6.45) is 1.31. The quantitative estimate of drug-likeness (QED) is 0.572. The number of esters is 1. The fourth-order valence-corrected chi connectivity index (χ4v) is 4.15. The second-order valence-corrected chi connectivity index (χ2v) is 8.12. The van der Waals surface area contributed by atoms with Crippen LogP contribution in [0.5, 0.6) is 11.5 Å². The molecule has 0 spiro atoms. The van der Waals surface area contributed by atoms with Crippen LogP contribution in [0.2, 0.25) is 0 Å². The normalized spacial score (nSPS) is 17.9. The minimum Gasteiger partial charge on any atom is -0.487 e. The summed E-state index contributed by atoms with van der Waals surface area (Å²) in [5.74, 6) is 1.30. The van der Waals surface area contributed by atoms with Crippen LogP contribution in [0.4, 0.5) is 0 Å². The minimum atomic E-state index is -0.956. The van der Waals surface area contributed by atoms with Crippen molar-refractivity contribution in [1.82, 2.24) is 4.98 Å². The molecule has 0 saturated heterocycles. The van der Waals surface area contributed by atoms with Crippen LogP contribution in [0.25, 0.3) is 10.9 Å². The van der Waals surface area contributed by atoms with Gasteiger partial charge in [-0.15, -0.1) is 0 Å². The van der Waals surface area contributed by atoms with Crippen LogP contribution >= 0.6 is 0 Å². The third-order valence-corrected chi connectivity index (χ3v) is 6.13. The molecule has 0 aliphatic carbocycles. The molecule has 2 aromatic carbocycles. The first-order valence-electron chi connectivity index (χ1n) is 10.2. The Balaban J connectivity index is 1.63. The highest BCUT2D eigenvalue weighted by molar-refractivity contribution is 5.80. The zero-order chi connectivity index (χ0) is 21.5. The molecule has 5 heteroatoms. The van der Waals surface area contributed by atoms with Gasteiger partial charge in [-0.3, -0.25) is 0 Å². The van der Waals surface area contributed by atoms with E-state index in [0.29, 0.717) is 13.0 Å². The van der Waals surface area contributed by atoms with Gasteiger partial charge in [-0.2, -0.15) is 0 Å². The number of rotatable bonds is 4. The van der Waals surface area contributed by atoms with Crippen molar-refractivity contribution in [2.45, 2.75) is 52.7 Å². The van der Waals surface area contributed by atoms with Crippen molar-refractivity contribution in [2.24, 2.45) is 0 Å². The smallest absolute Gasteiger partial charge is 0.349 e. The number of pyridine rings is 1. The molecule has 0 bridgehead atoms. The molecule has 1 aromatic heterocycles. The first-order valence-corrected chi connectivity index (χ1v) is 10.2. The average molecular weight is 405 g/mol. The first kappa shape index (κ1) is 20.2. The van der Waals surface area contributed by atoms with Crippen molar-refractivity contribution < 1.29 is 19.0 Å². The number of fused-ring (bicyclic) bond motifs is 2. The number of para-hydroxylation sites is 1. The van der Waals surface area contributed by atoms with Gasteiger partial charge in [0, 0.05) is 17.4 Å². The van der Waals surface area contributed by atoms with Crippen molar-refractivity contribution in [3.8, 4) is 11.5 Å². The van der Waals surface area contributed by atoms with E-state index in [0.717, 1.165) is 56.8 Å². The lowest BCUT2D eigenvalue weighted by molar-refractivity contribution is -0.159. The highest BCUT2D eigenvalue weighted by Gasteiger charge is 2.41. The molecule has 1 atom stereocenters. The summed E-state index contributed by atoms with van der Waals surface area (Å²) in [6.45, 7) is 8.28. The molecule has 1 aliphatic rings. The van der Waals surface area contributed by atoms with Gasteiger partial charge >= 0.3 is 5.97 Å². The van der Waals surface area contributed by atoms with E-state index in [1.807, 2.05) is 38.1 Å². The largest absolute Gasteiger partial charge is 0.487 e. The molecule has 2 heterocycles. The van der Waals surface area contributed by atoms with Gasteiger partial charge in [0.2, 0.25) is 5.60 Å². The van der Waals surface area contributed by atoms with E-state index in [1.165, 1.54) is 7.11 Å². The molecule has 4 rings (SSSR count). The highest BCUT2D eigenvalue weighted by atomic mass is 16.6. The number of carbonyl (C=O) groups is 1. The van der Waals surface area contributed by atoms with Crippen LogP contribution in [0.3, 0.4) is 0 Å². The zero-order valence-corrected chi connectivity index (χ0v) is 18.2. The Labute approximate surface area is 177 Å². The maximum Gasteiger partial charge on any atom is 0.349 e. The second kappa shape index (κ2) is 7.63. The summed E-state index contributed by atoms with van der Waals surface area (Å²) in [7, 11) is 1.40. The Morgan fingerprint density at radius 2 is 1.87 bits per heavy atom. The molecule has 0 amide bonds. The molecule has 1 unspecified atom stereocenters. The second-order valence-electron chi connectivity index (χ2n) is 8.12. The third kappa shape index (κ3) is 3.38. The molecule has 156 valence electrons. The van der Waals surface area contributed by atoms with Gasteiger partial charge in [0.05, 0.1) is 18.3 Å². The van der Waals surface area contributed by atoms with Gasteiger partial charge < -0.3 is 14.2 Å². The summed E-state index contributed by atoms with van der Waals surface area (Å²) in [4.78, 5) is 16.9. The topological polar surface area (TPSA) is 57.7 Å². The highest BCUT2D eigenvalue weighted by Crippen LogP contribution is 2.44. The van der Waals surface area contributed by atoms with Crippen LogP contribution < -0.4 is 9.47 Å². The number of carbonyl (C=O) groups excluding carboxylic acids is 1. The number of methoxy groups -OCH3 is 1. The molecule has 3 aromatic rings. The standard InChI is InChI=1S/C25H27NO4/c1-15-16(2)23-20(12-13-25(4,30-23)24(27)28-5)17(3)22(15)29-14-19-11-10-18-8-6-7-9-21(18)26-19/h6-11H,12-14H2,1-5H3. The summed E-state index contributed by atoms with van der Waals surface area (Å²) in [5, 5.41) is 1.11. The molecule has 0 fully saturated rings. The molecule has 0 radical (unpaired) electrons. The minimum absolute atomic E-state index is 0.342. The van der Waals surface area contributed by atoms with E-state index in [1.54, 1.807) is 6.92 Å². The number of benzene rings is 2.